The molecule has 5 heteroatoms. The molecular weight excluding hydrogens is 400 g/mol. The van der Waals surface area contributed by atoms with E-state index in [2.05, 4.69) is 24.5 Å². The van der Waals surface area contributed by atoms with Gasteiger partial charge >= 0.3 is 0 Å². The fraction of sp³-hybridized carbons (Fsp3) is 0.259. The first-order chi connectivity index (χ1) is 15.3. The summed E-state index contributed by atoms with van der Waals surface area (Å²) < 4.78 is 5.82. The molecule has 1 atom stereocenters. The van der Waals surface area contributed by atoms with Crippen LogP contribution in [-0.4, -0.2) is 18.4 Å². The van der Waals surface area contributed by atoms with Gasteiger partial charge in [0.05, 0.1) is 17.3 Å². The van der Waals surface area contributed by atoms with E-state index in [1.807, 2.05) is 62.4 Å². The topological polar surface area (TPSA) is 67.4 Å². The number of hydrogen-bond acceptors (Lipinski definition) is 3. The Labute approximate surface area is 189 Å². The van der Waals surface area contributed by atoms with Crippen LogP contribution in [0.4, 0.5) is 5.69 Å². The van der Waals surface area contributed by atoms with Crippen molar-refractivity contribution in [3.05, 3.63) is 95.1 Å². The maximum Gasteiger partial charge on any atom is 0.262 e. The molecular formula is C27H30N2O3. The van der Waals surface area contributed by atoms with Gasteiger partial charge in [0.25, 0.3) is 11.8 Å². The number of rotatable bonds is 8. The number of amides is 2. The molecule has 2 N–H and O–H groups in total. The molecule has 0 fully saturated rings. The van der Waals surface area contributed by atoms with E-state index >= 15 is 0 Å². The van der Waals surface area contributed by atoms with Crippen molar-refractivity contribution in [3.8, 4) is 5.75 Å². The molecule has 0 aliphatic carbocycles. The van der Waals surface area contributed by atoms with Crippen molar-refractivity contribution >= 4 is 17.5 Å². The normalized spacial score (nSPS) is 11.7. The van der Waals surface area contributed by atoms with Crippen molar-refractivity contribution in [3.63, 3.8) is 0 Å². The molecule has 3 aromatic rings. The molecule has 0 aliphatic rings. The maximum absolute atomic E-state index is 12.9. The van der Waals surface area contributed by atoms with Gasteiger partial charge in [-0.1, -0.05) is 68.4 Å². The van der Waals surface area contributed by atoms with Gasteiger partial charge < -0.3 is 15.4 Å². The van der Waals surface area contributed by atoms with Crippen molar-refractivity contribution in [1.29, 1.82) is 0 Å². The second-order valence-electron chi connectivity index (χ2n) is 8.18. The van der Waals surface area contributed by atoms with Crippen LogP contribution in [0.1, 0.15) is 59.8 Å². The summed E-state index contributed by atoms with van der Waals surface area (Å²) in [5, 5.41) is 5.80. The summed E-state index contributed by atoms with van der Waals surface area (Å²) >= 11 is 0. The van der Waals surface area contributed by atoms with Gasteiger partial charge in [-0.25, -0.2) is 0 Å². The van der Waals surface area contributed by atoms with E-state index in [0.29, 0.717) is 17.0 Å². The Kier molecular flexibility index (Phi) is 7.66. The van der Waals surface area contributed by atoms with Crippen molar-refractivity contribution in [1.82, 2.24) is 5.32 Å². The van der Waals surface area contributed by atoms with Crippen LogP contribution in [-0.2, 0) is 4.79 Å². The Morgan fingerprint density at radius 2 is 1.59 bits per heavy atom. The Hall–Kier alpha value is -3.60. The molecule has 3 aromatic carbocycles. The monoisotopic (exact) mass is 430 g/mol. The minimum absolute atomic E-state index is 0.139. The summed E-state index contributed by atoms with van der Waals surface area (Å²) in [5.74, 6) is 0.416. The Morgan fingerprint density at radius 1 is 0.906 bits per heavy atom. The second kappa shape index (κ2) is 10.6. The van der Waals surface area contributed by atoms with Gasteiger partial charge in [0.2, 0.25) is 0 Å². The van der Waals surface area contributed by atoms with Gasteiger partial charge in [-0.3, -0.25) is 9.59 Å². The third-order valence-corrected chi connectivity index (χ3v) is 5.24. The Bertz CT molecular complexity index is 1080. The number of hydrogen-bond donors (Lipinski definition) is 2. The molecule has 0 heterocycles. The molecule has 32 heavy (non-hydrogen) atoms. The summed E-state index contributed by atoms with van der Waals surface area (Å²) in [6.45, 7) is 7.95. The first-order valence-electron chi connectivity index (χ1n) is 10.8. The van der Waals surface area contributed by atoms with Crippen LogP contribution in [0.3, 0.4) is 0 Å². The van der Waals surface area contributed by atoms with Crippen LogP contribution in [0.25, 0.3) is 0 Å². The molecule has 0 saturated heterocycles. The third-order valence-electron chi connectivity index (χ3n) is 5.24. The average molecular weight is 431 g/mol. The summed E-state index contributed by atoms with van der Waals surface area (Å²) in [4.78, 5) is 25.5. The van der Waals surface area contributed by atoms with Gasteiger partial charge in [0, 0.05) is 0 Å². The van der Waals surface area contributed by atoms with E-state index in [4.69, 9.17) is 4.74 Å². The highest BCUT2D eigenvalue weighted by atomic mass is 16.5. The number of ether oxygens (including phenoxy) is 1. The SMILES string of the molecule is Cc1ccc(C(C)C)c(OCC(=O)Nc2ccccc2C(=O)N[C@@H](C)c2ccccc2)c1. The minimum Gasteiger partial charge on any atom is -0.483 e. The van der Waals surface area contributed by atoms with E-state index in [0.717, 1.165) is 16.7 Å². The van der Waals surface area contributed by atoms with Crippen molar-refractivity contribution < 1.29 is 14.3 Å². The lowest BCUT2D eigenvalue weighted by Gasteiger charge is -2.17. The fourth-order valence-electron chi connectivity index (χ4n) is 3.46. The van der Waals surface area contributed by atoms with Gasteiger partial charge in [0.15, 0.2) is 6.61 Å². The number of aryl methyl sites for hydroxylation is 1. The van der Waals surface area contributed by atoms with E-state index in [1.54, 1.807) is 24.3 Å². The molecule has 3 rings (SSSR count). The molecule has 5 nitrogen and oxygen atoms in total. The zero-order valence-corrected chi connectivity index (χ0v) is 19.0. The highest BCUT2D eigenvalue weighted by Gasteiger charge is 2.17. The number of para-hydroxylation sites is 1. The molecule has 0 radical (unpaired) electrons. The van der Waals surface area contributed by atoms with E-state index in [9.17, 15) is 9.59 Å². The zero-order valence-electron chi connectivity index (χ0n) is 19.0. The lowest BCUT2D eigenvalue weighted by Crippen LogP contribution is -2.28. The fourth-order valence-corrected chi connectivity index (χ4v) is 3.46. The standard InChI is InChI=1S/C27H30N2O3/c1-18(2)22-15-14-19(3)16-25(22)32-17-26(30)29-24-13-9-8-12-23(24)27(31)28-20(4)21-10-6-5-7-11-21/h5-16,18,20H,17H2,1-4H3,(H,28,31)(H,29,30)/t20-/m0/s1. The van der Waals surface area contributed by atoms with E-state index in [-0.39, 0.29) is 30.4 Å². The zero-order chi connectivity index (χ0) is 23.1. The first kappa shape index (κ1) is 23.1. The predicted molar refractivity (Wildman–Crippen MR) is 128 cm³/mol. The van der Waals surface area contributed by atoms with Gasteiger partial charge in [-0.05, 0) is 54.7 Å². The van der Waals surface area contributed by atoms with Crippen LogP contribution < -0.4 is 15.4 Å². The largest absolute Gasteiger partial charge is 0.483 e. The van der Waals surface area contributed by atoms with Crippen molar-refractivity contribution in [2.75, 3.05) is 11.9 Å². The number of carbonyl (C=O) groups is 2. The minimum atomic E-state index is -0.322. The molecule has 166 valence electrons. The molecule has 0 saturated carbocycles. The second-order valence-corrected chi connectivity index (χ2v) is 8.18. The summed E-state index contributed by atoms with van der Waals surface area (Å²) in [7, 11) is 0. The molecule has 0 bridgehead atoms. The van der Waals surface area contributed by atoms with E-state index in [1.165, 1.54) is 0 Å². The number of nitrogens with one attached hydrogen (secondary N) is 2. The van der Waals surface area contributed by atoms with Crippen LogP contribution >= 0.6 is 0 Å². The summed E-state index contributed by atoms with van der Waals surface area (Å²) in [6.07, 6.45) is 0. The smallest absolute Gasteiger partial charge is 0.262 e. The highest BCUT2D eigenvalue weighted by Crippen LogP contribution is 2.27. The maximum atomic E-state index is 12.9. The van der Waals surface area contributed by atoms with Crippen molar-refractivity contribution in [2.45, 2.75) is 39.7 Å². The molecule has 0 unspecified atom stereocenters. The van der Waals surface area contributed by atoms with Crippen LogP contribution in [0.2, 0.25) is 0 Å². The van der Waals surface area contributed by atoms with Crippen LogP contribution in [0, 0.1) is 6.92 Å². The highest BCUT2D eigenvalue weighted by molar-refractivity contribution is 6.04. The number of anilines is 1. The summed E-state index contributed by atoms with van der Waals surface area (Å²) in [6, 6.07) is 22.5. The lowest BCUT2D eigenvalue weighted by molar-refractivity contribution is -0.118. The summed E-state index contributed by atoms with van der Waals surface area (Å²) in [5.41, 5.74) is 3.99. The Morgan fingerprint density at radius 3 is 2.31 bits per heavy atom. The average Bonchev–Trinajstić information content (AvgIpc) is 2.78. The van der Waals surface area contributed by atoms with Crippen molar-refractivity contribution in [2.24, 2.45) is 0 Å². The molecule has 0 spiro atoms. The lowest BCUT2D eigenvalue weighted by atomic mass is 10.0. The van der Waals surface area contributed by atoms with E-state index < -0.39 is 0 Å². The molecule has 2 amide bonds. The van der Waals surface area contributed by atoms with Gasteiger partial charge in [-0.2, -0.15) is 0 Å². The van der Waals surface area contributed by atoms with Gasteiger partial charge in [-0.15, -0.1) is 0 Å². The quantitative estimate of drug-likeness (QED) is 0.487. The third kappa shape index (κ3) is 5.97. The Balaban J connectivity index is 1.66. The predicted octanol–water partition coefficient (Wildman–Crippen LogP) is 5.63. The van der Waals surface area contributed by atoms with Crippen LogP contribution in [0.5, 0.6) is 5.75 Å². The number of carbonyl (C=O) groups excluding carboxylic acids is 2. The number of benzene rings is 3. The molecule has 0 aliphatic heterocycles. The van der Waals surface area contributed by atoms with Gasteiger partial charge in [0.1, 0.15) is 5.75 Å². The van der Waals surface area contributed by atoms with Crippen LogP contribution in [0.15, 0.2) is 72.8 Å². The molecule has 0 aromatic heterocycles. The first-order valence-corrected chi connectivity index (χ1v) is 10.8.